The van der Waals surface area contributed by atoms with Crippen LogP contribution >= 0.6 is 0 Å². The van der Waals surface area contributed by atoms with E-state index in [1.165, 1.54) is 82.1 Å². The molecule has 4 aliphatic carbocycles. The minimum Gasteiger partial charge on any atom is -0.310 e. The molecule has 0 radical (unpaired) electrons. The lowest BCUT2D eigenvalue weighted by Crippen LogP contribution is -2.57. The maximum Gasteiger partial charge on any atom is 0.164 e. The normalized spacial score (nSPS) is 21.4. The fourth-order valence-corrected chi connectivity index (χ4v) is 13.3. The molecule has 0 saturated heterocycles. The van der Waals surface area contributed by atoms with Gasteiger partial charge in [0.15, 0.2) is 17.5 Å². The van der Waals surface area contributed by atoms with Gasteiger partial charge in [-0.25, -0.2) is 15.0 Å². The Labute approximate surface area is 385 Å². The number of rotatable bonds is 6. The Hall–Kier alpha value is -7.63. The van der Waals surface area contributed by atoms with Crippen molar-refractivity contribution < 1.29 is 0 Å². The van der Waals surface area contributed by atoms with Crippen LogP contribution in [-0.4, -0.2) is 19.5 Å². The Balaban J connectivity index is 0.903. The van der Waals surface area contributed by atoms with Crippen molar-refractivity contribution in [2.24, 2.45) is 23.7 Å². The van der Waals surface area contributed by atoms with Crippen LogP contribution in [0.2, 0.25) is 0 Å². The quantitative estimate of drug-likeness (QED) is 0.167. The van der Waals surface area contributed by atoms with Crippen molar-refractivity contribution in [3.05, 3.63) is 211 Å². The van der Waals surface area contributed by atoms with Gasteiger partial charge in [-0.05, 0) is 145 Å². The first-order valence-electron chi connectivity index (χ1n) is 23.8. The summed E-state index contributed by atoms with van der Waals surface area (Å²) in [5.74, 6) is 4.95. The third-order valence-corrected chi connectivity index (χ3v) is 15.8. The molecule has 66 heavy (non-hydrogen) atoms. The number of anilines is 3. The Morgan fingerprint density at radius 2 is 0.879 bits per heavy atom. The van der Waals surface area contributed by atoms with E-state index in [2.05, 4.69) is 204 Å². The topological polar surface area (TPSA) is 46.8 Å². The summed E-state index contributed by atoms with van der Waals surface area (Å²) in [7, 11) is 0. The van der Waals surface area contributed by atoms with Crippen molar-refractivity contribution in [2.75, 3.05) is 4.90 Å². The Morgan fingerprint density at radius 3 is 1.56 bits per heavy atom. The van der Waals surface area contributed by atoms with Crippen LogP contribution in [0.1, 0.15) is 43.2 Å². The van der Waals surface area contributed by atoms with Crippen molar-refractivity contribution in [3.8, 4) is 51.0 Å². The summed E-state index contributed by atoms with van der Waals surface area (Å²) in [5, 5.41) is 2.53. The summed E-state index contributed by atoms with van der Waals surface area (Å²) >= 11 is 0. The molecule has 2 aromatic heterocycles. The number of aromatic nitrogens is 4. The molecule has 5 heteroatoms. The van der Waals surface area contributed by atoms with Gasteiger partial charge in [-0.2, -0.15) is 0 Å². The maximum atomic E-state index is 5.40. The van der Waals surface area contributed by atoms with Crippen molar-refractivity contribution in [1.29, 1.82) is 0 Å². The van der Waals surface area contributed by atoms with Crippen LogP contribution in [0.5, 0.6) is 0 Å². The molecule has 4 fully saturated rings. The molecule has 5 nitrogen and oxygen atoms in total. The van der Waals surface area contributed by atoms with E-state index in [0.29, 0.717) is 29.3 Å². The van der Waals surface area contributed by atoms with Gasteiger partial charge in [-0.15, -0.1) is 0 Å². The molecule has 0 atom stereocenters. The lowest BCUT2D eigenvalue weighted by Gasteiger charge is -2.64. The Bertz CT molecular complexity index is 3420. The fraction of sp³-hybridized carbons (Fsp3) is 0.164. The molecule has 1 aliphatic heterocycles. The minimum absolute atomic E-state index is 0.0653. The van der Waals surface area contributed by atoms with Gasteiger partial charge in [-0.3, -0.25) is 0 Å². The SMILES string of the molecule is c1ccc(-c2nc(-c3cccc(-c4ccc(-n5c6ccccc6c6ccccc65)cc4)c3)nc(-c3ccc4c(c3)C3(c5ccccc5N4c4ccccc4)C4CC5CC(C4)CC3C5)n2)cc1. The number of hydrogen-bond donors (Lipinski definition) is 0. The highest BCUT2D eigenvalue weighted by molar-refractivity contribution is 6.09. The highest BCUT2D eigenvalue weighted by Crippen LogP contribution is 2.69. The maximum absolute atomic E-state index is 5.40. The number of hydrogen-bond acceptors (Lipinski definition) is 4. The predicted octanol–water partition coefficient (Wildman–Crippen LogP) is 15.2. The smallest absolute Gasteiger partial charge is 0.164 e. The highest BCUT2D eigenvalue weighted by atomic mass is 15.2. The summed E-state index contributed by atoms with van der Waals surface area (Å²) in [6, 6.07) is 72.7. The molecular weight excluding hydrogens is 803 g/mol. The van der Waals surface area contributed by atoms with Gasteiger partial charge < -0.3 is 9.47 Å². The predicted molar refractivity (Wildman–Crippen MR) is 268 cm³/mol. The van der Waals surface area contributed by atoms with E-state index >= 15 is 0 Å². The zero-order valence-electron chi connectivity index (χ0n) is 36.6. The van der Waals surface area contributed by atoms with E-state index in [9.17, 15) is 0 Å². The summed E-state index contributed by atoms with van der Waals surface area (Å²) in [6.45, 7) is 0. The van der Waals surface area contributed by atoms with Crippen LogP contribution in [0.3, 0.4) is 0 Å². The monoisotopic (exact) mass is 849 g/mol. The van der Waals surface area contributed by atoms with Crippen LogP contribution in [0, 0.1) is 23.7 Å². The molecule has 8 aromatic carbocycles. The summed E-state index contributed by atoms with van der Waals surface area (Å²) in [4.78, 5) is 18.4. The van der Waals surface area contributed by atoms with Crippen LogP contribution in [-0.2, 0) is 5.41 Å². The third-order valence-electron chi connectivity index (χ3n) is 15.8. The first kappa shape index (κ1) is 37.7. The molecule has 0 N–H and O–H groups in total. The molecule has 0 amide bonds. The van der Waals surface area contributed by atoms with Gasteiger partial charge in [0.25, 0.3) is 0 Å². The first-order valence-corrected chi connectivity index (χ1v) is 23.8. The molecule has 0 unspecified atom stereocenters. The van der Waals surface area contributed by atoms with E-state index < -0.39 is 0 Å². The van der Waals surface area contributed by atoms with Gasteiger partial charge >= 0.3 is 0 Å². The average molecular weight is 850 g/mol. The second kappa shape index (κ2) is 14.7. The number of benzene rings is 8. The molecule has 4 saturated carbocycles. The molecular formula is C61H47N5. The van der Waals surface area contributed by atoms with Crippen molar-refractivity contribution >= 4 is 38.9 Å². The van der Waals surface area contributed by atoms with E-state index in [-0.39, 0.29) is 5.41 Å². The van der Waals surface area contributed by atoms with Gasteiger partial charge in [0, 0.05) is 44.3 Å². The van der Waals surface area contributed by atoms with Crippen LogP contribution in [0.15, 0.2) is 200 Å². The van der Waals surface area contributed by atoms with Gasteiger partial charge in [0.2, 0.25) is 0 Å². The van der Waals surface area contributed by atoms with Crippen molar-refractivity contribution in [2.45, 2.75) is 37.5 Å². The summed E-state index contributed by atoms with van der Waals surface area (Å²) in [5.41, 5.74) is 15.4. The fourth-order valence-electron chi connectivity index (χ4n) is 13.3. The van der Waals surface area contributed by atoms with Crippen molar-refractivity contribution in [1.82, 2.24) is 19.5 Å². The zero-order valence-corrected chi connectivity index (χ0v) is 36.6. The Kier molecular flexibility index (Phi) is 8.40. The van der Waals surface area contributed by atoms with Crippen LogP contribution in [0.25, 0.3) is 72.8 Å². The first-order chi connectivity index (χ1) is 32.7. The average Bonchev–Trinajstić information content (AvgIpc) is 3.72. The third kappa shape index (κ3) is 5.68. The Morgan fingerprint density at radius 1 is 0.364 bits per heavy atom. The second-order valence-electron chi connectivity index (χ2n) is 19.3. The standard InChI is InChI=1S/C61H47N5/c1-3-14-42(15-4-1)58-62-59(44-17-13-16-43(37-44)41-26-29-49(30-27-41)65-54-23-10-7-20-50(54)51-21-8-11-24-55(51)65)64-60(63-58)45-28-31-57-53(38-45)61(46-33-39-32-40(35-46)36-47(61)34-39)52-22-9-12-25-56(52)66(57)48-18-5-2-6-19-48/h1-31,37-40,46-47H,32-36H2. The van der Waals surface area contributed by atoms with Crippen molar-refractivity contribution in [3.63, 3.8) is 0 Å². The van der Waals surface area contributed by atoms with Crippen LogP contribution < -0.4 is 4.90 Å². The van der Waals surface area contributed by atoms with E-state index in [1.807, 2.05) is 6.07 Å². The lowest BCUT2D eigenvalue weighted by molar-refractivity contribution is -0.0419. The number of fused-ring (bicyclic) bond motifs is 5. The highest BCUT2D eigenvalue weighted by Gasteiger charge is 2.61. The molecule has 316 valence electrons. The molecule has 1 spiro atoms. The van der Waals surface area contributed by atoms with Gasteiger partial charge in [0.05, 0.1) is 22.4 Å². The number of para-hydroxylation sites is 4. The van der Waals surface area contributed by atoms with E-state index in [4.69, 9.17) is 15.0 Å². The largest absolute Gasteiger partial charge is 0.310 e. The van der Waals surface area contributed by atoms with Gasteiger partial charge in [-0.1, -0.05) is 133 Å². The lowest BCUT2D eigenvalue weighted by atomic mass is 9.41. The molecule has 3 heterocycles. The molecule has 5 aliphatic rings. The molecule has 4 bridgehead atoms. The second-order valence-corrected chi connectivity index (χ2v) is 19.3. The summed E-state index contributed by atoms with van der Waals surface area (Å²) < 4.78 is 2.37. The molecule has 15 rings (SSSR count). The van der Waals surface area contributed by atoms with Gasteiger partial charge in [0.1, 0.15) is 0 Å². The summed E-state index contributed by atoms with van der Waals surface area (Å²) in [6.07, 6.45) is 6.65. The minimum atomic E-state index is -0.0653. The van der Waals surface area contributed by atoms with E-state index in [0.717, 1.165) is 45.3 Å². The van der Waals surface area contributed by atoms with Crippen LogP contribution in [0.4, 0.5) is 17.1 Å². The number of nitrogens with zero attached hydrogens (tertiary/aromatic N) is 5. The van der Waals surface area contributed by atoms with E-state index in [1.54, 1.807) is 0 Å². The molecule has 10 aromatic rings. The zero-order chi connectivity index (χ0) is 43.3.